The second kappa shape index (κ2) is 7.96. The highest BCUT2D eigenvalue weighted by atomic mass is 16.5. The molecule has 3 aromatic rings. The van der Waals surface area contributed by atoms with Crippen molar-refractivity contribution < 1.29 is 14.2 Å². The van der Waals surface area contributed by atoms with E-state index in [1.54, 1.807) is 6.08 Å². The van der Waals surface area contributed by atoms with Crippen LogP contribution in [0.25, 0.3) is 11.3 Å². The molecule has 1 aromatic heterocycles. The van der Waals surface area contributed by atoms with Gasteiger partial charge in [0.15, 0.2) is 11.9 Å². The van der Waals surface area contributed by atoms with E-state index in [-0.39, 0.29) is 6.01 Å². The van der Waals surface area contributed by atoms with Crippen LogP contribution in [0.5, 0.6) is 17.6 Å². The lowest BCUT2D eigenvalue weighted by atomic mass is 10.1. The number of benzene rings is 2. The number of para-hydroxylation sites is 1. The highest BCUT2D eigenvalue weighted by Crippen LogP contribution is 2.39. The number of ether oxygens (including phenoxy) is 3. The van der Waals surface area contributed by atoms with E-state index in [9.17, 15) is 0 Å². The predicted molar refractivity (Wildman–Crippen MR) is 106 cm³/mol. The summed E-state index contributed by atoms with van der Waals surface area (Å²) in [5.41, 5.74) is 3.25. The molecule has 1 aliphatic heterocycles. The zero-order valence-electron chi connectivity index (χ0n) is 15.5. The van der Waals surface area contributed by atoms with E-state index in [4.69, 9.17) is 14.2 Å². The third-order valence-electron chi connectivity index (χ3n) is 4.16. The summed E-state index contributed by atoms with van der Waals surface area (Å²) in [6.07, 6.45) is 1.25. The third-order valence-corrected chi connectivity index (χ3v) is 4.16. The van der Waals surface area contributed by atoms with Crippen LogP contribution in [0, 0.1) is 0 Å². The van der Waals surface area contributed by atoms with Crippen LogP contribution >= 0.6 is 0 Å². The SMILES string of the molecule is C=CCOc1ccc(C2Nc3ccccc3-c3nnc(OCC)nc3O2)cc1. The Balaban J connectivity index is 1.71. The number of aromatic nitrogens is 3. The average molecular weight is 376 g/mol. The minimum atomic E-state index is -0.456. The van der Waals surface area contributed by atoms with E-state index in [1.807, 2.05) is 55.5 Å². The van der Waals surface area contributed by atoms with Crippen LogP contribution in [0.15, 0.2) is 61.2 Å². The summed E-state index contributed by atoms with van der Waals surface area (Å²) in [6, 6.07) is 15.7. The molecular weight excluding hydrogens is 356 g/mol. The van der Waals surface area contributed by atoms with Gasteiger partial charge in [-0.05, 0) is 37.3 Å². The summed E-state index contributed by atoms with van der Waals surface area (Å²) in [6.45, 7) is 6.43. The van der Waals surface area contributed by atoms with Crippen molar-refractivity contribution >= 4 is 5.69 Å². The van der Waals surface area contributed by atoms with Crippen molar-refractivity contribution in [3.8, 4) is 28.9 Å². The van der Waals surface area contributed by atoms with Crippen molar-refractivity contribution in [1.29, 1.82) is 0 Å². The van der Waals surface area contributed by atoms with Crippen molar-refractivity contribution in [3.05, 3.63) is 66.7 Å². The zero-order valence-corrected chi connectivity index (χ0v) is 15.5. The van der Waals surface area contributed by atoms with Crippen molar-refractivity contribution in [2.45, 2.75) is 13.2 Å². The first-order valence-electron chi connectivity index (χ1n) is 9.02. The van der Waals surface area contributed by atoms with Gasteiger partial charge in [-0.25, -0.2) is 0 Å². The van der Waals surface area contributed by atoms with Crippen LogP contribution in [-0.4, -0.2) is 28.4 Å². The van der Waals surface area contributed by atoms with Gasteiger partial charge in [0.05, 0.1) is 6.61 Å². The van der Waals surface area contributed by atoms with Crippen molar-refractivity contribution in [1.82, 2.24) is 15.2 Å². The number of anilines is 1. The Bertz CT molecular complexity index is 976. The summed E-state index contributed by atoms with van der Waals surface area (Å²) in [5.74, 6) is 1.13. The first kappa shape index (κ1) is 17.8. The molecule has 0 saturated carbocycles. The third kappa shape index (κ3) is 3.59. The molecule has 0 aliphatic carbocycles. The Hall–Kier alpha value is -3.61. The van der Waals surface area contributed by atoms with Crippen LogP contribution in [0.2, 0.25) is 0 Å². The largest absolute Gasteiger partial charge is 0.490 e. The highest BCUT2D eigenvalue weighted by molar-refractivity contribution is 5.79. The van der Waals surface area contributed by atoms with Gasteiger partial charge in [0.25, 0.3) is 0 Å². The first-order chi connectivity index (χ1) is 13.8. The minimum absolute atomic E-state index is 0.188. The van der Waals surface area contributed by atoms with E-state index in [0.717, 1.165) is 22.6 Å². The summed E-state index contributed by atoms with van der Waals surface area (Å²) in [7, 11) is 0. The zero-order chi connectivity index (χ0) is 19.3. The quantitative estimate of drug-likeness (QED) is 0.651. The van der Waals surface area contributed by atoms with Gasteiger partial charge in [0.1, 0.15) is 12.4 Å². The summed E-state index contributed by atoms with van der Waals surface area (Å²) in [5, 5.41) is 11.7. The number of hydrogen-bond acceptors (Lipinski definition) is 7. The molecule has 28 heavy (non-hydrogen) atoms. The molecule has 0 saturated heterocycles. The van der Waals surface area contributed by atoms with Gasteiger partial charge < -0.3 is 19.5 Å². The van der Waals surface area contributed by atoms with Crippen molar-refractivity contribution in [3.63, 3.8) is 0 Å². The second-order valence-electron chi connectivity index (χ2n) is 6.04. The molecule has 7 heteroatoms. The van der Waals surface area contributed by atoms with Gasteiger partial charge in [0, 0.05) is 16.8 Å². The fourth-order valence-corrected chi connectivity index (χ4v) is 2.88. The number of hydrogen-bond donors (Lipinski definition) is 1. The first-order valence-corrected chi connectivity index (χ1v) is 9.02. The smallest absolute Gasteiger partial charge is 0.339 e. The Labute approximate surface area is 163 Å². The summed E-state index contributed by atoms with van der Waals surface area (Å²) < 4.78 is 17.1. The van der Waals surface area contributed by atoms with Crippen LogP contribution in [0.3, 0.4) is 0 Å². The molecule has 1 N–H and O–H groups in total. The van der Waals surface area contributed by atoms with E-state index < -0.39 is 6.23 Å². The molecule has 7 nitrogen and oxygen atoms in total. The lowest BCUT2D eigenvalue weighted by Gasteiger charge is -2.19. The Kier molecular flexibility index (Phi) is 5.05. The van der Waals surface area contributed by atoms with E-state index in [2.05, 4.69) is 27.1 Å². The number of nitrogens with zero attached hydrogens (tertiary/aromatic N) is 3. The maximum absolute atomic E-state index is 6.17. The van der Waals surface area contributed by atoms with Crippen molar-refractivity contribution in [2.75, 3.05) is 18.5 Å². The predicted octanol–water partition coefficient (Wildman–Crippen LogP) is 4.01. The van der Waals surface area contributed by atoms with Crippen LogP contribution in [-0.2, 0) is 0 Å². The normalized spacial score (nSPS) is 14.5. The maximum Gasteiger partial charge on any atom is 0.339 e. The fraction of sp³-hybridized carbons (Fsp3) is 0.190. The van der Waals surface area contributed by atoms with Gasteiger partial charge in [0.2, 0.25) is 5.88 Å². The molecule has 142 valence electrons. The van der Waals surface area contributed by atoms with Crippen LogP contribution in [0.4, 0.5) is 5.69 Å². The molecule has 1 unspecified atom stereocenters. The van der Waals surface area contributed by atoms with Gasteiger partial charge in [-0.3, -0.25) is 0 Å². The average Bonchev–Trinajstić information content (AvgIpc) is 2.89. The molecule has 1 atom stereocenters. The van der Waals surface area contributed by atoms with Crippen LogP contribution in [0.1, 0.15) is 18.7 Å². The molecule has 2 heterocycles. The molecule has 0 radical (unpaired) electrons. The molecule has 0 fully saturated rings. The van der Waals surface area contributed by atoms with Crippen molar-refractivity contribution in [2.24, 2.45) is 0 Å². The molecule has 4 rings (SSSR count). The molecular formula is C21H20N4O3. The molecule has 0 bridgehead atoms. The van der Waals surface area contributed by atoms with Gasteiger partial charge >= 0.3 is 6.01 Å². The standard InChI is InChI=1S/C21H20N4O3/c1-3-13-27-15-11-9-14(10-12-15)19-22-17-8-6-5-7-16(17)18-20(28-19)23-21(25-24-18)26-4-2/h3,5-12,19,22H,1,4,13H2,2H3. The second-order valence-corrected chi connectivity index (χ2v) is 6.04. The lowest BCUT2D eigenvalue weighted by molar-refractivity contribution is 0.219. The minimum Gasteiger partial charge on any atom is -0.490 e. The Morgan fingerprint density at radius 1 is 1.11 bits per heavy atom. The lowest BCUT2D eigenvalue weighted by Crippen LogP contribution is -2.17. The Morgan fingerprint density at radius 3 is 2.71 bits per heavy atom. The molecule has 1 aliphatic rings. The van der Waals surface area contributed by atoms with Gasteiger partial charge in [-0.2, -0.15) is 4.98 Å². The fourth-order valence-electron chi connectivity index (χ4n) is 2.88. The summed E-state index contributed by atoms with van der Waals surface area (Å²) in [4.78, 5) is 4.40. The van der Waals surface area contributed by atoms with Gasteiger partial charge in [-0.1, -0.05) is 36.0 Å². The van der Waals surface area contributed by atoms with E-state index in [0.29, 0.717) is 24.8 Å². The molecule has 0 spiro atoms. The topological polar surface area (TPSA) is 78.4 Å². The highest BCUT2D eigenvalue weighted by Gasteiger charge is 2.26. The number of rotatable bonds is 6. The number of nitrogens with one attached hydrogen (secondary N) is 1. The number of fused-ring (bicyclic) bond motifs is 3. The van der Waals surface area contributed by atoms with Gasteiger partial charge in [-0.15, -0.1) is 5.10 Å². The van der Waals surface area contributed by atoms with E-state index >= 15 is 0 Å². The van der Waals surface area contributed by atoms with Crippen LogP contribution < -0.4 is 19.5 Å². The van der Waals surface area contributed by atoms with E-state index in [1.165, 1.54) is 0 Å². The monoisotopic (exact) mass is 376 g/mol. The molecule has 0 amide bonds. The maximum atomic E-state index is 6.17. The summed E-state index contributed by atoms with van der Waals surface area (Å²) >= 11 is 0. The Morgan fingerprint density at radius 2 is 1.93 bits per heavy atom. The molecule has 2 aromatic carbocycles.